The van der Waals surface area contributed by atoms with E-state index in [4.69, 9.17) is 5.73 Å². The van der Waals surface area contributed by atoms with Crippen molar-refractivity contribution in [3.8, 4) is 5.69 Å². The van der Waals surface area contributed by atoms with Crippen LogP contribution < -0.4 is 5.73 Å². The number of nitrogen functional groups attached to an aromatic ring is 1. The fraction of sp³-hybridized carbons (Fsp3) is 0. The van der Waals surface area contributed by atoms with Gasteiger partial charge < -0.3 is 5.73 Å². The summed E-state index contributed by atoms with van der Waals surface area (Å²) >= 11 is 2.25. The Morgan fingerprint density at radius 3 is 2.76 bits per heavy atom. The first kappa shape index (κ1) is 10.5. The number of aromatic nitrogens is 3. The highest BCUT2D eigenvalue weighted by atomic mass is 127. The minimum absolute atomic E-state index is 0.752. The summed E-state index contributed by atoms with van der Waals surface area (Å²) in [6.07, 6.45) is 0. The molecule has 1 heterocycles. The number of halogens is 1. The second kappa shape index (κ2) is 3.99. The van der Waals surface area contributed by atoms with Crippen molar-refractivity contribution < 1.29 is 0 Å². The van der Waals surface area contributed by atoms with Crippen LogP contribution in [0.15, 0.2) is 42.5 Å². The van der Waals surface area contributed by atoms with E-state index in [1.807, 2.05) is 47.1 Å². The Kier molecular flexibility index (Phi) is 2.47. The highest BCUT2D eigenvalue weighted by molar-refractivity contribution is 14.1. The monoisotopic (exact) mass is 336 g/mol. The van der Waals surface area contributed by atoms with Gasteiger partial charge in [0.2, 0.25) is 0 Å². The molecule has 3 rings (SSSR count). The van der Waals surface area contributed by atoms with Crippen LogP contribution in [0.4, 0.5) is 5.69 Å². The molecule has 0 bridgehead atoms. The molecule has 0 fully saturated rings. The van der Waals surface area contributed by atoms with E-state index < -0.39 is 0 Å². The summed E-state index contributed by atoms with van der Waals surface area (Å²) in [5.41, 5.74) is 9.37. The summed E-state index contributed by atoms with van der Waals surface area (Å²) in [4.78, 5) is 0. The molecule has 0 aliphatic heterocycles. The fourth-order valence-electron chi connectivity index (χ4n) is 1.74. The zero-order chi connectivity index (χ0) is 11.8. The van der Waals surface area contributed by atoms with Gasteiger partial charge in [0.25, 0.3) is 0 Å². The molecule has 0 saturated heterocycles. The smallest absolute Gasteiger partial charge is 0.113 e. The van der Waals surface area contributed by atoms with E-state index in [1.165, 1.54) is 0 Å². The van der Waals surface area contributed by atoms with Crippen LogP contribution in [0.3, 0.4) is 0 Å². The average Bonchev–Trinajstić information content (AvgIpc) is 2.73. The van der Waals surface area contributed by atoms with E-state index in [0.29, 0.717) is 0 Å². The van der Waals surface area contributed by atoms with Crippen molar-refractivity contribution in [1.82, 2.24) is 15.0 Å². The highest BCUT2D eigenvalue weighted by Crippen LogP contribution is 2.22. The molecule has 0 unspecified atom stereocenters. The number of hydrogen-bond donors (Lipinski definition) is 1. The molecule has 0 saturated carbocycles. The second-order valence-electron chi connectivity index (χ2n) is 3.70. The first-order valence-corrected chi connectivity index (χ1v) is 6.19. The summed E-state index contributed by atoms with van der Waals surface area (Å²) in [5, 5.41) is 8.31. The van der Waals surface area contributed by atoms with Gasteiger partial charge in [-0.15, -0.1) is 5.10 Å². The predicted octanol–water partition coefficient (Wildman–Crippen LogP) is 2.61. The molecular formula is C12H9IN4. The van der Waals surface area contributed by atoms with Crippen LogP contribution in [0, 0.1) is 3.57 Å². The van der Waals surface area contributed by atoms with Crippen LogP contribution in [0.1, 0.15) is 0 Å². The van der Waals surface area contributed by atoms with Crippen LogP contribution in [-0.2, 0) is 0 Å². The van der Waals surface area contributed by atoms with Crippen LogP contribution in [0.25, 0.3) is 16.7 Å². The Balaban J connectivity index is 2.27. The van der Waals surface area contributed by atoms with Gasteiger partial charge in [-0.1, -0.05) is 17.3 Å². The van der Waals surface area contributed by atoms with Gasteiger partial charge in [0, 0.05) is 9.26 Å². The van der Waals surface area contributed by atoms with Crippen molar-refractivity contribution in [1.29, 1.82) is 0 Å². The second-order valence-corrected chi connectivity index (χ2v) is 4.86. The van der Waals surface area contributed by atoms with E-state index in [0.717, 1.165) is 26.0 Å². The van der Waals surface area contributed by atoms with Gasteiger partial charge in [-0.05, 0) is 52.9 Å². The van der Waals surface area contributed by atoms with Gasteiger partial charge in [-0.2, -0.15) is 0 Å². The maximum atomic E-state index is 5.74. The number of nitrogens with zero attached hydrogens (tertiary/aromatic N) is 3. The molecule has 1 aromatic heterocycles. The zero-order valence-electron chi connectivity index (χ0n) is 8.84. The van der Waals surface area contributed by atoms with E-state index in [-0.39, 0.29) is 0 Å². The lowest BCUT2D eigenvalue weighted by molar-refractivity contribution is 0.821. The number of nitrogens with two attached hydrogens (primary N) is 1. The standard InChI is InChI=1S/C12H9IN4/c13-9-7-8(14)5-6-11(9)17-12-4-2-1-3-10(12)15-16-17/h1-7H,14H2. The third-order valence-electron chi connectivity index (χ3n) is 2.55. The summed E-state index contributed by atoms with van der Waals surface area (Å²) in [7, 11) is 0. The van der Waals surface area contributed by atoms with Gasteiger partial charge in [0.05, 0.1) is 11.2 Å². The van der Waals surface area contributed by atoms with Crippen LogP contribution in [-0.4, -0.2) is 15.0 Å². The van der Waals surface area contributed by atoms with Crippen LogP contribution >= 0.6 is 22.6 Å². The van der Waals surface area contributed by atoms with Crippen molar-refractivity contribution in [2.45, 2.75) is 0 Å². The lowest BCUT2D eigenvalue weighted by Crippen LogP contribution is -2.00. The summed E-state index contributed by atoms with van der Waals surface area (Å²) in [6.45, 7) is 0. The lowest BCUT2D eigenvalue weighted by Gasteiger charge is -2.05. The molecule has 0 radical (unpaired) electrons. The van der Waals surface area contributed by atoms with Gasteiger partial charge in [0.1, 0.15) is 5.52 Å². The SMILES string of the molecule is Nc1ccc(-n2nnc3ccccc32)c(I)c1. The van der Waals surface area contributed by atoms with Gasteiger partial charge in [-0.25, -0.2) is 4.68 Å². The molecule has 5 heteroatoms. The number of para-hydroxylation sites is 1. The Labute approximate surface area is 112 Å². The molecule has 2 N–H and O–H groups in total. The maximum absolute atomic E-state index is 5.74. The fourth-order valence-corrected chi connectivity index (χ4v) is 2.51. The summed E-state index contributed by atoms with van der Waals surface area (Å²) in [5.74, 6) is 0. The quantitative estimate of drug-likeness (QED) is 0.549. The first-order chi connectivity index (χ1) is 8.25. The molecule has 0 spiro atoms. The average molecular weight is 336 g/mol. The third kappa shape index (κ3) is 1.76. The molecule has 0 aliphatic rings. The summed E-state index contributed by atoms with van der Waals surface area (Å²) in [6, 6.07) is 13.6. The zero-order valence-corrected chi connectivity index (χ0v) is 11.0. The molecule has 2 aromatic carbocycles. The molecule has 0 amide bonds. The Bertz CT molecular complexity index is 690. The minimum atomic E-state index is 0.752. The minimum Gasteiger partial charge on any atom is -0.399 e. The normalized spacial score (nSPS) is 10.9. The number of benzene rings is 2. The van der Waals surface area contributed by atoms with E-state index >= 15 is 0 Å². The van der Waals surface area contributed by atoms with E-state index in [9.17, 15) is 0 Å². The molecule has 0 aliphatic carbocycles. The van der Waals surface area contributed by atoms with Crippen LogP contribution in [0.2, 0.25) is 0 Å². The van der Waals surface area contributed by atoms with Gasteiger partial charge >= 0.3 is 0 Å². The van der Waals surface area contributed by atoms with Crippen LogP contribution in [0.5, 0.6) is 0 Å². The number of anilines is 1. The molecule has 17 heavy (non-hydrogen) atoms. The predicted molar refractivity (Wildman–Crippen MR) is 76.0 cm³/mol. The summed E-state index contributed by atoms with van der Waals surface area (Å²) < 4.78 is 2.88. The van der Waals surface area contributed by atoms with E-state index in [2.05, 4.69) is 32.9 Å². The molecule has 4 nitrogen and oxygen atoms in total. The van der Waals surface area contributed by atoms with Crippen molar-refractivity contribution in [3.63, 3.8) is 0 Å². The number of fused-ring (bicyclic) bond motifs is 1. The van der Waals surface area contributed by atoms with E-state index in [1.54, 1.807) is 0 Å². The van der Waals surface area contributed by atoms with Crippen molar-refractivity contribution in [3.05, 3.63) is 46.0 Å². The maximum Gasteiger partial charge on any atom is 0.113 e. The topological polar surface area (TPSA) is 56.7 Å². The Morgan fingerprint density at radius 2 is 1.94 bits per heavy atom. The van der Waals surface area contributed by atoms with Gasteiger partial charge in [-0.3, -0.25) is 0 Å². The number of rotatable bonds is 1. The van der Waals surface area contributed by atoms with Crippen molar-refractivity contribution >= 4 is 39.3 Å². The Hall–Kier alpha value is -1.63. The first-order valence-electron chi connectivity index (χ1n) is 5.11. The Morgan fingerprint density at radius 1 is 1.12 bits per heavy atom. The van der Waals surface area contributed by atoms with Gasteiger partial charge in [0.15, 0.2) is 0 Å². The third-order valence-corrected chi connectivity index (χ3v) is 3.42. The largest absolute Gasteiger partial charge is 0.399 e. The molecule has 3 aromatic rings. The number of hydrogen-bond acceptors (Lipinski definition) is 3. The highest BCUT2D eigenvalue weighted by Gasteiger charge is 2.08. The lowest BCUT2D eigenvalue weighted by atomic mass is 10.2. The molecular weight excluding hydrogens is 327 g/mol. The van der Waals surface area contributed by atoms with Crippen molar-refractivity contribution in [2.24, 2.45) is 0 Å². The molecule has 84 valence electrons. The molecule has 0 atom stereocenters. The van der Waals surface area contributed by atoms with Crippen molar-refractivity contribution in [2.75, 3.05) is 5.73 Å².